The molecule has 0 amide bonds. The van der Waals surface area contributed by atoms with Crippen LogP contribution in [0.5, 0.6) is 23.0 Å². The van der Waals surface area contributed by atoms with Gasteiger partial charge in [-0.1, -0.05) is 128 Å². The number of carbonyl (C=O) groups is 2. The van der Waals surface area contributed by atoms with Crippen LogP contribution in [0.3, 0.4) is 0 Å². The summed E-state index contributed by atoms with van der Waals surface area (Å²) < 4.78 is 22.9. The molecule has 0 aliphatic heterocycles. The number of hydrogen-bond donors (Lipinski definition) is 0. The van der Waals surface area contributed by atoms with Gasteiger partial charge in [0.2, 0.25) is 0 Å². The number of hydrogen-bond acceptors (Lipinski definition) is 8. The largest absolute Gasteiger partial charge is 0.494 e. The number of carbonyl (C=O) groups excluding carboxylic acids is 2. The molecule has 8 heteroatoms. The second-order valence-electron chi connectivity index (χ2n) is 15.6. The second kappa shape index (κ2) is 27.8. The Hall–Kier alpha value is -6.02. The van der Waals surface area contributed by atoms with Crippen LogP contribution >= 0.6 is 0 Å². The first-order chi connectivity index (χ1) is 30.5. The van der Waals surface area contributed by atoms with E-state index in [2.05, 4.69) is 23.8 Å². The lowest BCUT2D eigenvalue weighted by atomic mass is 10.1. The molecule has 5 aromatic rings. The Kier molecular flexibility index (Phi) is 21.1. The maximum Gasteiger partial charge on any atom is 0.343 e. The minimum Gasteiger partial charge on any atom is -0.494 e. The predicted octanol–water partition coefficient (Wildman–Crippen LogP) is 14.7. The van der Waals surface area contributed by atoms with Gasteiger partial charge in [0.15, 0.2) is 0 Å². The Morgan fingerprint density at radius 1 is 0.387 bits per heavy atom. The molecule has 0 fully saturated rings. The monoisotopic (exact) mass is 836 g/mol. The van der Waals surface area contributed by atoms with Gasteiger partial charge in [-0.2, -0.15) is 0 Å². The number of nitrogens with zero attached hydrogens (tertiary/aromatic N) is 2. The molecule has 0 bridgehead atoms. The van der Waals surface area contributed by atoms with Crippen molar-refractivity contribution < 1.29 is 28.5 Å². The van der Waals surface area contributed by atoms with Crippen molar-refractivity contribution in [2.24, 2.45) is 9.98 Å². The van der Waals surface area contributed by atoms with Crippen LogP contribution in [0.25, 0.3) is 0 Å². The summed E-state index contributed by atoms with van der Waals surface area (Å²) in [7, 11) is 0. The molecule has 0 aromatic heterocycles. The van der Waals surface area contributed by atoms with Crippen LogP contribution in [0.4, 0.5) is 11.4 Å². The van der Waals surface area contributed by atoms with Gasteiger partial charge in [0.25, 0.3) is 0 Å². The molecule has 0 atom stereocenters. The van der Waals surface area contributed by atoms with Crippen molar-refractivity contribution in [1.29, 1.82) is 0 Å². The summed E-state index contributed by atoms with van der Waals surface area (Å²) in [5, 5.41) is 0. The second-order valence-corrected chi connectivity index (χ2v) is 15.6. The van der Waals surface area contributed by atoms with E-state index < -0.39 is 11.9 Å². The Bertz CT molecular complexity index is 1920. The first-order valence-corrected chi connectivity index (χ1v) is 22.8. The molecule has 326 valence electrons. The van der Waals surface area contributed by atoms with Gasteiger partial charge in [0, 0.05) is 12.4 Å². The molecule has 8 nitrogen and oxygen atoms in total. The summed E-state index contributed by atoms with van der Waals surface area (Å²) >= 11 is 0. The molecule has 0 radical (unpaired) electrons. The van der Waals surface area contributed by atoms with Crippen molar-refractivity contribution in [2.75, 3.05) is 13.2 Å². The number of esters is 2. The molecule has 0 saturated heterocycles. The Labute approximate surface area is 369 Å². The highest BCUT2D eigenvalue weighted by molar-refractivity contribution is 5.92. The van der Waals surface area contributed by atoms with Gasteiger partial charge < -0.3 is 18.9 Å². The molecule has 0 spiro atoms. The third-order valence-electron chi connectivity index (χ3n) is 10.5. The zero-order valence-electron chi connectivity index (χ0n) is 36.8. The van der Waals surface area contributed by atoms with Crippen molar-refractivity contribution in [3.8, 4) is 23.0 Å². The highest BCUT2D eigenvalue weighted by atomic mass is 16.5. The van der Waals surface area contributed by atoms with Crippen molar-refractivity contribution in [1.82, 2.24) is 0 Å². The van der Waals surface area contributed by atoms with Gasteiger partial charge in [-0.3, -0.25) is 9.98 Å². The molecular formula is C54H64N2O6. The van der Waals surface area contributed by atoms with Crippen LogP contribution in [0.2, 0.25) is 0 Å². The Morgan fingerprint density at radius 3 is 1.03 bits per heavy atom. The SMILES string of the molecule is CCCCCCCCCCOc1ccc(C(=O)Oc2ccc(N=Cc3ccc(C=Nc4ccc(OC(=O)c5ccc(OCCCCCCCCCC)cc5)cc4)cc3)cc2)cc1. The van der Waals surface area contributed by atoms with Crippen molar-refractivity contribution in [3.05, 3.63) is 144 Å². The van der Waals surface area contributed by atoms with Gasteiger partial charge in [-0.05, 0) is 121 Å². The van der Waals surface area contributed by atoms with Crippen LogP contribution in [0.15, 0.2) is 131 Å². The number of rotatable bonds is 28. The zero-order chi connectivity index (χ0) is 43.5. The normalized spacial score (nSPS) is 11.3. The summed E-state index contributed by atoms with van der Waals surface area (Å²) in [6, 6.07) is 36.2. The average Bonchev–Trinajstić information content (AvgIpc) is 3.30. The number of unbranched alkanes of at least 4 members (excludes halogenated alkanes) is 14. The predicted molar refractivity (Wildman–Crippen MR) is 253 cm³/mol. The number of aliphatic imine (C=N–C) groups is 2. The van der Waals surface area contributed by atoms with Crippen LogP contribution < -0.4 is 18.9 Å². The highest BCUT2D eigenvalue weighted by Crippen LogP contribution is 2.23. The lowest BCUT2D eigenvalue weighted by Gasteiger charge is -2.08. The van der Waals surface area contributed by atoms with E-state index in [1.807, 2.05) is 48.5 Å². The maximum atomic E-state index is 12.7. The first kappa shape index (κ1) is 47.0. The fourth-order valence-corrected chi connectivity index (χ4v) is 6.73. The molecular weight excluding hydrogens is 773 g/mol. The Morgan fingerprint density at radius 2 is 0.694 bits per heavy atom. The third kappa shape index (κ3) is 17.9. The molecule has 0 aliphatic carbocycles. The van der Waals surface area contributed by atoms with Crippen molar-refractivity contribution in [3.63, 3.8) is 0 Å². The summed E-state index contributed by atoms with van der Waals surface area (Å²) in [6.45, 7) is 5.85. The van der Waals surface area contributed by atoms with E-state index in [-0.39, 0.29) is 0 Å². The van der Waals surface area contributed by atoms with Gasteiger partial charge >= 0.3 is 11.9 Å². The molecule has 5 rings (SSSR count). The van der Waals surface area contributed by atoms with Crippen LogP contribution in [0.1, 0.15) is 148 Å². The van der Waals surface area contributed by atoms with Gasteiger partial charge in [-0.25, -0.2) is 9.59 Å². The van der Waals surface area contributed by atoms with Gasteiger partial charge in [0.1, 0.15) is 23.0 Å². The van der Waals surface area contributed by atoms with E-state index in [0.717, 1.165) is 46.8 Å². The topological polar surface area (TPSA) is 95.8 Å². The maximum absolute atomic E-state index is 12.7. The summed E-state index contributed by atoms with van der Waals surface area (Å²) in [6.07, 6.45) is 23.7. The molecule has 0 heterocycles. The Balaban J connectivity index is 0.977. The van der Waals surface area contributed by atoms with E-state index in [0.29, 0.717) is 35.8 Å². The smallest absolute Gasteiger partial charge is 0.343 e. The minimum absolute atomic E-state index is 0.426. The molecule has 0 saturated carbocycles. The van der Waals surface area contributed by atoms with E-state index >= 15 is 0 Å². The summed E-state index contributed by atoms with van der Waals surface area (Å²) in [5.74, 6) is 1.55. The number of ether oxygens (including phenoxy) is 4. The molecule has 0 aliphatic rings. The van der Waals surface area contributed by atoms with E-state index in [4.69, 9.17) is 18.9 Å². The quantitative estimate of drug-likeness (QED) is 0.0215. The molecule has 0 N–H and O–H groups in total. The third-order valence-corrected chi connectivity index (χ3v) is 10.5. The van der Waals surface area contributed by atoms with E-state index in [1.165, 1.54) is 89.9 Å². The zero-order valence-corrected chi connectivity index (χ0v) is 36.8. The first-order valence-electron chi connectivity index (χ1n) is 22.8. The van der Waals surface area contributed by atoms with Gasteiger partial charge in [-0.15, -0.1) is 0 Å². The van der Waals surface area contributed by atoms with Crippen LogP contribution in [0, 0.1) is 0 Å². The molecule has 62 heavy (non-hydrogen) atoms. The molecule has 5 aromatic carbocycles. The standard InChI is InChI=1S/C54H64N2O6/c1-3-5-7-9-11-13-15-17-39-59-49-31-23-45(24-32-49)53(57)61-51-35-27-47(28-36-51)55-41-43-19-21-44(22-20-43)42-56-48-29-37-52(38-30-48)62-54(58)46-25-33-50(34-26-46)60-40-18-16-14-12-10-8-6-4-2/h19-38,41-42H,3-18,39-40H2,1-2H3. The number of benzene rings is 5. The van der Waals surface area contributed by atoms with Gasteiger partial charge in [0.05, 0.1) is 35.7 Å². The van der Waals surface area contributed by atoms with Crippen LogP contribution in [-0.4, -0.2) is 37.6 Å². The fraction of sp³-hybridized carbons (Fsp3) is 0.370. The highest BCUT2D eigenvalue weighted by Gasteiger charge is 2.11. The van der Waals surface area contributed by atoms with E-state index in [9.17, 15) is 9.59 Å². The molecule has 0 unspecified atom stereocenters. The summed E-state index contributed by atoms with van der Waals surface area (Å²) in [4.78, 5) is 34.6. The minimum atomic E-state index is -0.426. The lowest BCUT2D eigenvalue weighted by molar-refractivity contribution is 0.0725. The summed E-state index contributed by atoms with van der Waals surface area (Å²) in [5.41, 5.74) is 4.24. The lowest BCUT2D eigenvalue weighted by Crippen LogP contribution is -2.08. The van der Waals surface area contributed by atoms with Crippen LogP contribution in [-0.2, 0) is 0 Å². The van der Waals surface area contributed by atoms with Crippen molar-refractivity contribution in [2.45, 2.75) is 117 Å². The average molecular weight is 837 g/mol. The van der Waals surface area contributed by atoms with Crippen molar-refractivity contribution >= 4 is 35.7 Å². The fourth-order valence-electron chi connectivity index (χ4n) is 6.73. The van der Waals surface area contributed by atoms with E-state index in [1.54, 1.807) is 85.2 Å².